The molecule has 2 saturated carbocycles. The van der Waals surface area contributed by atoms with Crippen molar-refractivity contribution < 1.29 is 4.74 Å². The van der Waals surface area contributed by atoms with E-state index in [4.69, 9.17) is 9.73 Å². The minimum atomic E-state index is 0. The summed E-state index contributed by atoms with van der Waals surface area (Å²) < 4.78 is 5.89. The van der Waals surface area contributed by atoms with Crippen LogP contribution in [0.2, 0.25) is 0 Å². The van der Waals surface area contributed by atoms with Gasteiger partial charge in [-0.2, -0.15) is 0 Å². The summed E-state index contributed by atoms with van der Waals surface area (Å²) in [7, 11) is 0. The van der Waals surface area contributed by atoms with E-state index in [9.17, 15) is 0 Å². The zero-order valence-electron chi connectivity index (χ0n) is 14.9. The Bertz CT molecular complexity index is 407. The van der Waals surface area contributed by atoms with Gasteiger partial charge < -0.3 is 15.4 Å². The monoisotopic (exact) mass is 435 g/mol. The molecular formula is C18H34IN3O. The molecule has 3 atom stereocenters. The van der Waals surface area contributed by atoms with Crippen LogP contribution in [-0.2, 0) is 4.74 Å². The van der Waals surface area contributed by atoms with Gasteiger partial charge in [0.05, 0.1) is 6.10 Å². The summed E-state index contributed by atoms with van der Waals surface area (Å²) in [5, 5.41) is 7.15. The van der Waals surface area contributed by atoms with Gasteiger partial charge in [-0.15, -0.1) is 24.0 Å². The number of guanidine groups is 1. The van der Waals surface area contributed by atoms with Gasteiger partial charge in [0, 0.05) is 37.1 Å². The summed E-state index contributed by atoms with van der Waals surface area (Å²) in [5.41, 5.74) is 0.211. The maximum Gasteiger partial charge on any atom is 0.191 e. The molecule has 23 heavy (non-hydrogen) atoms. The standard InChI is InChI=1S/C18H33N3O.HI/c1-4-19-17(20-12-13-8-6-5-7-9-13)21-15-14-10-11-22-16(14)18(15,2)3;/h13-16H,4-12H2,1-3H3,(H2,19,20,21);1H. The fourth-order valence-electron chi connectivity index (χ4n) is 4.67. The molecule has 0 spiro atoms. The number of aliphatic imine (C=N–C) groups is 1. The molecule has 0 aromatic heterocycles. The zero-order chi connectivity index (χ0) is 15.6. The maximum atomic E-state index is 5.89. The molecule has 4 nitrogen and oxygen atoms in total. The van der Waals surface area contributed by atoms with Crippen molar-refractivity contribution in [1.82, 2.24) is 10.6 Å². The Morgan fingerprint density at radius 2 is 1.91 bits per heavy atom. The highest BCUT2D eigenvalue weighted by Gasteiger charge is 2.59. The lowest BCUT2D eigenvalue weighted by atomic mass is 9.57. The smallest absolute Gasteiger partial charge is 0.191 e. The SMILES string of the molecule is CCNC(=NCC1CCCCC1)NC1C2CCOC2C1(C)C.I. The fraction of sp³-hybridized carbons (Fsp3) is 0.944. The van der Waals surface area contributed by atoms with E-state index in [1.807, 2.05) is 0 Å². The van der Waals surface area contributed by atoms with Gasteiger partial charge in [0.1, 0.15) is 0 Å². The first-order valence-corrected chi connectivity index (χ1v) is 9.29. The van der Waals surface area contributed by atoms with E-state index >= 15 is 0 Å². The van der Waals surface area contributed by atoms with Crippen molar-refractivity contribution in [2.75, 3.05) is 19.7 Å². The quantitative estimate of drug-likeness (QED) is 0.403. The summed E-state index contributed by atoms with van der Waals surface area (Å²) in [6.45, 7) is 9.61. The van der Waals surface area contributed by atoms with Crippen molar-refractivity contribution in [3.05, 3.63) is 0 Å². The highest BCUT2D eigenvalue weighted by Crippen LogP contribution is 2.52. The molecule has 2 N–H and O–H groups in total. The van der Waals surface area contributed by atoms with Gasteiger partial charge in [-0.05, 0) is 32.1 Å². The molecule has 1 heterocycles. The number of hydrogen-bond acceptors (Lipinski definition) is 2. The largest absolute Gasteiger partial charge is 0.377 e. The Balaban J connectivity index is 0.00000192. The van der Waals surface area contributed by atoms with E-state index in [0.29, 0.717) is 18.1 Å². The molecule has 1 aliphatic heterocycles. The first-order valence-electron chi connectivity index (χ1n) is 9.29. The Hall–Kier alpha value is -0.0400. The summed E-state index contributed by atoms with van der Waals surface area (Å²) in [4.78, 5) is 4.89. The van der Waals surface area contributed by atoms with E-state index in [0.717, 1.165) is 31.6 Å². The average Bonchev–Trinajstić information content (AvgIpc) is 2.98. The maximum absolute atomic E-state index is 5.89. The van der Waals surface area contributed by atoms with Crippen LogP contribution < -0.4 is 10.6 Å². The molecule has 1 saturated heterocycles. The third-order valence-corrected chi connectivity index (χ3v) is 5.97. The Labute approximate surface area is 158 Å². The molecule has 3 aliphatic rings. The zero-order valence-corrected chi connectivity index (χ0v) is 17.3. The first kappa shape index (κ1) is 19.3. The lowest BCUT2D eigenvalue weighted by Crippen LogP contribution is -2.68. The van der Waals surface area contributed by atoms with Gasteiger partial charge in [-0.25, -0.2) is 0 Å². The summed E-state index contributed by atoms with van der Waals surface area (Å²) >= 11 is 0. The van der Waals surface area contributed by atoms with Crippen LogP contribution in [0.4, 0.5) is 0 Å². The van der Waals surface area contributed by atoms with Gasteiger partial charge in [-0.1, -0.05) is 33.1 Å². The third kappa shape index (κ3) is 4.14. The summed E-state index contributed by atoms with van der Waals surface area (Å²) in [5.74, 6) is 2.46. The number of halogens is 1. The van der Waals surface area contributed by atoms with Gasteiger partial charge in [0.25, 0.3) is 0 Å². The number of ether oxygens (including phenoxy) is 1. The summed E-state index contributed by atoms with van der Waals surface area (Å²) in [6.07, 6.45) is 8.53. The van der Waals surface area contributed by atoms with Crippen LogP contribution in [0.25, 0.3) is 0 Å². The molecule has 0 bridgehead atoms. The van der Waals surface area contributed by atoms with E-state index in [1.165, 1.54) is 38.5 Å². The highest BCUT2D eigenvalue weighted by molar-refractivity contribution is 14.0. The number of fused-ring (bicyclic) bond motifs is 1. The van der Waals surface area contributed by atoms with E-state index in [2.05, 4.69) is 31.4 Å². The van der Waals surface area contributed by atoms with Crippen molar-refractivity contribution in [3.63, 3.8) is 0 Å². The van der Waals surface area contributed by atoms with Gasteiger partial charge in [0.15, 0.2) is 5.96 Å². The third-order valence-electron chi connectivity index (χ3n) is 5.97. The first-order chi connectivity index (χ1) is 10.6. The molecule has 5 heteroatoms. The fourth-order valence-corrected chi connectivity index (χ4v) is 4.67. The van der Waals surface area contributed by atoms with Crippen LogP contribution in [0.3, 0.4) is 0 Å². The molecule has 0 radical (unpaired) electrons. The van der Waals surface area contributed by atoms with Crippen molar-refractivity contribution >= 4 is 29.9 Å². The van der Waals surface area contributed by atoms with Crippen molar-refractivity contribution in [2.24, 2.45) is 22.2 Å². The summed E-state index contributed by atoms with van der Waals surface area (Å²) in [6, 6.07) is 0.490. The van der Waals surface area contributed by atoms with Crippen LogP contribution in [0.1, 0.15) is 59.3 Å². The van der Waals surface area contributed by atoms with Crippen molar-refractivity contribution in [2.45, 2.75) is 71.4 Å². The van der Waals surface area contributed by atoms with Crippen molar-refractivity contribution in [3.8, 4) is 0 Å². The average molecular weight is 435 g/mol. The van der Waals surface area contributed by atoms with Crippen LogP contribution in [0.15, 0.2) is 4.99 Å². The molecule has 2 aliphatic carbocycles. The molecule has 3 rings (SSSR count). The second-order valence-corrected chi connectivity index (χ2v) is 7.91. The Morgan fingerprint density at radius 1 is 1.17 bits per heavy atom. The second-order valence-electron chi connectivity index (χ2n) is 7.91. The second kappa shape index (κ2) is 8.37. The van der Waals surface area contributed by atoms with Crippen LogP contribution in [0.5, 0.6) is 0 Å². The molecule has 3 fully saturated rings. The van der Waals surface area contributed by atoms with E-state index < -0.39 is 0 Å². The Kier molecular flexibility index (Phi) is 7.01. The number of hydrogen-bond donors (Lipinski definition) is 2. The predicted molar refractivity (Wildman–Crippen MR) is 107 cm³/mol. The lowest BCUT2D eigenvalue weighted by molar-refractivity contribution is -0.106. The minimum Gasteiger partial charge on any atom is -0.377 e. The van der Waals surface area contributed by atoms with Gasteiger partial charge in [0.2, 0.25) is 0 Å². The number of nitrogens with zero attached hydrogens (tertiary/aromatic N) is 1. The van der Waals surface area contributed by atoms with Crippen LogP contribution in [-0.4, -0.2) is 37.8 Å². The topological polar surface area (TPSA) is 45.7 Å². The number of nitrogens with one attached hydrogen (secondary N) is 2. The molecule has 3 unspecified atom stereocenters. The lowest BCUT2D eigenvalue weighted by Gasteiger charge is -2.55. The highest BCUT2D eigenvalue weighted by atomic mass is 127. The Morgan fingerprint density at radius 3 is 2.61 bits per heavy atom. The van der Waals surface area contributed by atoms with E-state index in [-0.39, 0.29) is 29.4 Å². The predicted octanol–water partition coefficient (Wildman–Crippen LogP) is 3.55. The molecule has 0 amide bonds. The number of rotatable bonds is 4. The van der Waals surface area contributed by atoms with Crippen LogP contribution >= 0.6 is 24.0 Å². The molecule has 134 valence electrons. The normalized spacial score (nSPS) is 33.3. The molecular weight excluding hydrogens is 401 g/mol. The van der Waals surface area contributed by atoms with Gasteiger partial charge >= 0.3 is 0 Å². The van der Waals surface area contributed by atoms with Crippen molar-refractivity contribution in [1.29, 1.82) is 0 Å². The molecule has 0 aromatic carbocycles. The van der Waals surface area contributed by atoms with E-state index in [1.54, 1.807) is 0 Å². The minimum absolute atomic E-state index is 0. The molecule has 0 aromatic rings. The van der Waals surface area contributed by atoms with Gasteiger partial charge in [-0.3, -0.25) is 4.99 Å². The van der Waals surface area contributed by atoms with Crippen LogP contribution in [0, 0.1) is 17.3 Å².